The third-order valence-electron chi connectivity index (χ3n) is 4.08. The molecule has 2 aromatic carbocycles. The lowest BCUT2D eigenvalue weighted by atomic mass is 10.0. The summed E-state index contributed by atoms with van der Waals surface area (Å²) in [5.41, 5.74) is 9.55. The first-order valence-corrected chi connectivity index (χ1v) is 9.42. The van der Waals surface area contributed by atoms with Crippen molar-refractivity contribution in [3.8, 4) is 17.0 Å². The lowest BCUT2D eigenvalue weighted by molar-refractivity contribution is 0.0999. The summed E-state index contributed by atoms with van der Waals surface area (Å²) in [6.45, 7) is 2.33. The number of primary amides is 1. The van der Waals surface area contributed by atoms with E-state index in [-0.39, 0.29) is 0 Å². The first-order valence-electron chi connectivity index (χ1n) is 8.19. The number of aromatic nitrogens is 1. The average molecular weight is 364 g/mol. The molecule has 4 nitrogen and oxygen atoms in total. The molecule has 2 N–H and O–H groups in total. The number of carbonyl (C=O) groups excluding carboxylic acids is 1. The van der Waals surface area contributed by atoms with Crippen molar-refractivity contribution in [3.05, 3.63) is 77.5 Å². The molecule has 0 fully saturated rings. The number of aryl methyl sites for hydroxylation is 1. The second-order valence-corrected chi connectivity index (χ2v) is 6.79. The maximum Gasteiger partial charge on any atom is 0.248 e. The minimum absolute atomic E-state index is 0.420. The van der Waals surface area contributed by atoms with Crippen LogP contribution in [-0.2, 0) is 6.61 Å². The Morgan fingerprint density at radius 1 is 1.12 bits per heavy atom. The van der Waals surface area contributed by atoms with E-state index in [1.165, 1.54) is 4.90 Å². The van der Waals surface area contributed by atoms with Crippen LogP contribution in [0.1, 0.15) is 21.5 Å². The standard InChI is InChI=1S/C21H20N2O2S/c1-14-11-16(3-8-19(14)21(22)24)20-12-15(9-10-23-20)13-25-17-4-6-18(26-2)7-5-17/h3-12H,13H2,1-2H3,(H2,22,24). The van der Waals surface area contributed by atoms with Crippen molar-refractivity contribution in [2.75, 3.05) is 6.26 Å². The quantitative estimate of drug-likeness (QED) is 0.656. The number of thioether (sulfide) groups is 1. The highest BCUT2D eigenvalue weighted by molar-refractivity contribution is 7.98. The second-order valence-electron chi connectivity index (χ2n) is 5.91. The zero-order chi connectivity index (χ0) is 18.5. The zero-order valence-electron chi connectivity index (χ0n) is 14.7. The molecule has 1 amide bonds. The molecule has 0 atom stereocenters. The Kier molecular flexibility index (Phi) is 5.58. The smallest absolute Gasteiger partial charge is 0.248 e. The highest BCUT2D eigenvalue weighted by Gasteiger charge is 2.08. The van der Waals surface area contributed by atoms with Crippen LogP contribution < -0.4 is 10.5 Å². The average Bonchev–Trinajstić information content (AvgIpc) is 2.66. The lowest BCUT2D eigenvalue weighted by Gasteiger charge is -2.09. The summed E-state index contributed by atoms with van der Waals surface area (Å²) in [5, 5.41) is 0. The van der Waals surface area contributed by atoms with Crippen molar-refractivity contribution >= 4 is 17.7 Å². The lowest BCUT2D eigenvalue weighted by Crippen LogP contribution is -2.12. The Bertz CT molecular complexity index is 924. The van der Waals surface area contributed by atoms with Crippen LogP contribution in [0.15, 0.2) is 65.7 Å². The first kappa shape index (κ1) is 18.0. The fourth-order valence-corrected chi connectivity index (χ4v) is 3.07. The van der Waals surface area contributed by atoms with Gasteiger partial charge in [-0.15, -0.1) is 11.8 Å². The summed E-state index contributed by atoms with van der Waals surface area (Å²) < 4.78 is 5.86. The molecule has 0 aliphatic heterocycles. The summed E-state index contributed by atoms with van der Waals surface area (Å²) in [6, 6.07) is 17.5. The van der Waals surface area contributed by atoms with Crippen molar-refractivity contribution in [3.63, 3.8) is 0 Å². The number of hydrogen-bond acceptors (Lipinski definition) is 4. The van der Waals surface area contributed by atoms with Gasteiger partial charge in [-0.05, 0) is 72.8 Å². The number of ether oxygens (including phenoxy) is 1. The van der Waals surface area contributed by atoms with Gasteiger partial charge in [-0.25, -0.2) is 0 Å². The van der Waals surface area contributed by atoms with E-state index in [9.17, 15) is 4.79 Å². The number of nitrogens with two attached hydrogens (primary N) is 1. The van der Waals surface area contributed by atoms with Gasteiger partial charge in [0.2, 0.25) is 5.91 Å². The topological polar surface area (TPSA) is 65.2 Å². The van der Waals surface area contributed by atoms with Crippen molar-refractivity contribution in [1.82, 2.24) is 4.98 Å². The fourth-order valence-electron chi connectivity index (χ4n) is 2.66. The second kappa shape index (κ2) is 8.06. The van der Waals surface area contributed by atoms with E-state index in [4.69, 9.17) is 10.5 Å². The minimum Gasteiger partial charge on any atom is -0.489 e. The molecule has 1 heterocycles. The molecule has 0 aliphatic rings. The van der Waals surface area contributed by atoms with E-state index in [0.717, 1.165) is 28.1 Å². The van der Waals surface area contributed by atoms with Gasteiger partial charge < -0.3 is 10.5 Å². The van der Waals surface area contributed by atoms with Crippen LogP contribution in [0.2, 0.25) is 0 Å². The van der Waals surface area contributed by atoms with Crippen LogP contribution in [0, 0.1) is 6.92 Å². The highest BCUT2D eigenvalue weighted by Crippen LogP contribution is 2.23. The van der Waals surface area contributed by atoms with Crippen molar-refractivity contribution in [1.29, 1.82) is 0 Å². The summed E-state index contributed by atoms with van der Waals surface area (Å²) in [5.74, 6) is 0.416. The van der Waals surface area contributed by atoms with Gasteiger partial charge in [0, 0.05) is 22.2 Å². The molecule has 3 rings (SSSR count). The molecule has 0 unspecified atom stereocenters. The van der Waals surface area contributed by atoms with E-state index in [2.05, 4.69) is 4.98 Å². The summed E-state index contributed by atoms with van der Waals surface area (Å²) >= 11 is 1.70. The summed E-state index contributed by atoms with van der Waals surface area (Å²) in [6.07, 6.45) is 3.81. The molecule has 3 aromatic rings. The van der Waals surface area contributed by atoms with Gasteiger partial charge in [0.25, 0.3) is 0 Å². The van der Waals surface area contributed by atoms with Crippen molar-refractivity contribution in [2.45, 2.75) is 18.4 Å². The minimum atomic E-state index is -0.420. The monoisotopic (exact) mass is 364 g/mol. The molecule has 0 saturated heterocycles. The Morgan fingerprint density at radius 3 is 2.54 bits per heavy atom. The third kappa shape index (κ3) is 4.24. The highest BCUT2D eigenvalue weighted by atomic mass is 32.2. The van der Waals surface area contributed by atoms with Gasteiger partial charge >= 0.3 is 0 Å². The van der Waals surface area contributed by atoms with Crippen molar-refractivity contribution in [2.24, 2.45) is 5.73 Å². The molecule has 0 aliphatic carbocycles. The van der Waals surface area contributed by atoms with Gasteiger partial charge in [-0.2, -0.15) is 0 Å². The van der Waals surface area contributed by atoms with Crippen LogP contribution in [0.25, 0.3) is 11.3 Å². The normalized spacial score (nSPS) is 10.5. The molecule has 5 heteroatoms. The molecule has 1 aromatic heterocycles. The van der Waals surface area contributed by atoms with Gasteiger partial charge in [0.05, 0.1) is 5.69 Å². The van der Waals surface area contributed by atoms with E-state index >= 15 is 0 Å². The van der Waals surface area contributed by atoms with Crippen LogP contribution in [0.4, 0.5) is 0 Å². The number of amides is 1. The van der Waals surface area contributed by atoms with Crippen molar-refractivity contribution < 1.29 is 9.53 Å². The Morgan fingerprint density at radius 2 is 1.88 bits per heavy atom. The maximum atomic E-state index is 11.4. The number of hydrogen-bond donors (Lipinski definition) is 1. The molecular weight excluding hydrogens is 344 g/mol. The number of nitrogens with zero attached hydrogens (tertiary/aromatic N) is 1. The summed E-state index contributed by atoms with van der Waals surface area (Å²) in [7, 11) is 0. The number of benzene rings is 2. The maximum absolute atomic E-state index is 11.4. The molecule has 132 valence electrons. The molecule has 0 bridgehead atoms. The molecule has 26 heavy (non-hydrogen) atoms. The fraction of sp³-hybridized carbons (Fsp3) is 0.143. The predicted octanol–water partition coefficient (Wildman–Crippen LogP) is 4.46. The zero-order valence-corrected chi connectivity index (χ0v) is 15.5. The van der Waals surface area contributed by atoms with Gasteiger partial charge in [-0.1, -0.05) is 6.07 Å². The SMILES string of the molecule is CSc1ccc(OCc2ccnc(-c3ccc(C(N)=O)c(C)c3)c2)cc1. The Balaban J connectivity index is 1.75. The van der Waals surface area contributed by atoms with Crippen LogP contribution >= 0.6 is 11.8 Å². The molecule has 0 saturated carbocycles. The Labute approximate surface area is 157 Å². The van der Waals surface area contributed by atoms with Gasteiger partial charge in [0.1, 0.15) is 12.4 Å². The van der Waals surface area contributed by atoms with E-state index < -0.39 is 5.91 Å². The number of rotatable bonds is 6. The first-order chi connectivity index (χ1) is 12.6. The van der Waals surface area contributed by atoms with Gasteiger partial charge in [-0.3, -0.25) is 9.78 Å². The molecular formula is C21H20N2O2S. The summed E-state index contributed by atoms with van der Waals surface area (Å²) in [4.78, 5) is 17.0. The van der Waals surface area contributed by atoms with Crippen LogP contribution in [0.3, 0.4) is 0 Å². The van der Waals surface area contributed by atoms with E-state index in [1.54, 1.807) is 24.0 Å². The van der Waals surface area contributed by atoms with Crippen LogP contribution in [0.5, 0.6) is 5.75 Å². The molecule has 0 spiro atoms. The third-order valence-corrected chi connectivity index (χ3v) is 4.82. The van der Waals surface area contributed by atoms with Crippen LogP contribution in [-0.4, -0.2) is 17.1 Å². The Hall–Kier alpha value is -2.79. The molecule has 0 radical (unpaired) electrons. The number of carbonyl (C=O) groups is 1. The van der Waals surface area contributed by atoms with E-state index in [0.29, 0.717) is 12.2 Å². The van der Waals surface area contributed by atoms with Gasteiger partial charge in [0.15, 0.2) is 0 Å². The van der Waals surface area contributed by atoms with E-state index in [1.807, 2.05) is 61.7 Å². The number of pyridine rings is 1. The largest absolute Gasteiger partial charge is 0.489 e. The predicted molar refractivity (Wildman–Crippen MR) is 105 cm³/mol.